The van der Waals surface area contributed by atoms with Crippen LogP contribution in [-0.2, 0) is 107 Å². The maximum Gasteiger partial charge on any atom is 3.00 e. The molecule has 4 radical (unpaired) electrons. The predicted molar refractivity (Wildman–Crippen MR) is 4.81 cm³/mol. The Labute approximate surface area is 205 Å². The molecule has 0 amide bonds. The summed E-state index contributed by atoms with van der Waals surface area (Å²) in [5.41, 5.74) is 0. The molecular formula is Cr2Fe2K2O7. The van der Waals surface area contributed by atoms with Gasteiger partial charge in [-0.3, -0.25) is 0 Å². The Balaban J connectivity index is 0. The van der Waals surface area contributed by atoms with Gasteiger partial charge in [0.2, 0.25) is 0 Å². The smallest absolute Gasteiger partial charge is 2.00 e. The zero-order chi connectivity index (χ0) is 0. The average Bonchev–Trinajstić information content (AvgIpc) is 0. The van der Waals surface area contributed by atoms with Gasteiger partial charge in [-0.25, -0.2) is 0 Å². The average molecular weight is 406 g/mol. The fourth-order valence-corrected chi connectivity index (χ4v) is 0. The zero-order valence-electron chi connectivity index (χ0n) is 6.38. The molecule has 0 heterocycles. The van der Waals surface area contributed by atoms with Gasteiger partial charge in [0.1, 0.15) is 0 Å². The Morgan fingerprint density at radius 2 is 0.308 bits per heavy atom. The predicted octanol–water partition coefficient (Wildman–Crippen LogP) is -6.83. The van der Waals surface area contributed by atoms with Gasteiger partial charge < -0.3 is 38.3 Å². The van der Waals surface area contributed by atoms with Gasteiger partial charge in [-0.05, 0) is 0 Å². The molecule has 13 heteroatoms. The van der Waals surface area contributed by atoms with Crippen molar-refractivity contribution in [2.75, 3.05) is 0 Å². The van der Waals surface area contributed by atoms with Gasteiger partial charge in [-0.1, -0.05) is 0 Å². The van der Waals surface area contributed by atoms with Crippen molar-refractivity contribution in [2.24, 2.45) is 0 Å². The Bertz CT molecular complexity index is 22.5. The van der Waals surface area contributed by atoms with Crippen LogP contribution in [0.1, 0.15) is 0 Å². The minimum Gasteiger partial charge on any atom is -2.00 e. The molecule has 0 fully saturated rings. The molecule has 0 spiro atoms. The molecule has 0 aliphatic heterocycles. The molecular weight excluding hydrogens is 406 g/mol. The van der Waals surface area contributed by atoms with Crippen LogP contribution in [0.5, 0.6) is 0 Å². The van der Waals surface area contributed by atoms with Gasteiger partial charge in [0.05, 0.1) is 0 Å². The van der Waals surface area contributed by atoms with E-state index in [1.807, 2.05) is 0 Å². The molecule has 13 heavy (non-hydrogen) atoms. The first-order chi connectivity index (χ1) is 0. The maximum atomic E-state index is 0. The van der Waals surface area contributed by atoms with Crippen LogP contribution in [0.3, 0.4) is 0 Å². The van der Waals surface area contributed by atoms with Crippen molar-refractivity contribution in [3.63, 3.8) is 0 Å². The quantitative estimate of drug-likeness (QED) is 0.345. The Morgan fingerprint density at radius 1 is 0.308 bits per heavy atom. The van der Waals surface area contributed by atoms with Crippen molar-refractivity contribution in [2.45, 2.75) is 0 Å². The summed E-state index contributed by atoms with van der Waals surface area (Å²) < 4.78 is 0. The summed E-state index contributed by atoms with van der Waals surface area (Å²) in [4.78, 5) is 0. The van der Waals surface area contributed by atoms with Gasteiger partial charge >= 0.3 is 172 Å². The van der Waals surface area contributed by atoms with Gasteiger partial charge in [0.15, 0.2) is 0 Å². The molecule has 0 saturated carbocycles. The molecule has 0 aliphatic carbocycles. The number of hydrogen-bond acceptors (Lipinski definition) is 0. The third-order valence-electron chi connectivity index (χ3n) is 0. The Hall–Kier alpha value is 5.10. The molecule has 72 valence electrons. The Kier molecular flexibility index (Phi) is 2670. The van der Waals surface area contributed by atoms with Crippen molar-refractivity contribution >= 4 is 0 Å². The monoisotopic (exact) mass is 406 g/mol. The summed E-state index contributed by atoms with van der Waals surface area (Å²) in [6.45, 7) is 0. The third kappa shape index (κ3) is 150. The summed E-state index contributed by atoms with van der Waals surface area (Å²) in [6, 6.07) is 0. The van der Waals surface area contributed by atoms with E-state index in [0.717, 1.165) is 0 Å². The van der Waals surface area contributed by atoms with Crippen LogP contribution in [0, 0.1) is 0 Å². The van der Waals surface area contributed by atoms with E-state index in [-0.39, 0.29) is 210 Å². The second-order valence-electron chi connectivity index (χ2n) is 0. The van der Waals surface area contributed by atoms with Crippen LogP contribution in [0.25, 0.3) is 0 Å². The van der Waals surface area contributed by atoms with Gasteiger partial charge in [-0.2, -0.15) is 0 Å². The first kappa shape index (κ1) is 204. The molecule has 0 atom stereocenters. The molecule has 0 N–H and O–H groups in total. The summed E-state index contributed by atoms with van der Waals surface area (Å²) in [5.74, 6) is 0. The summed E-state index contributed by atoms with van der Waals surface area (Å²) in [7, 11) is 0. The largest absolute Gasteiger partial charge is 3.00 e. The first-order valence-electron chi connectivity index (χ1n) is 0. The molecule has 0 aromatic heterocycles. The number of rotatable bonds is 0. The molecule has 0 saturated heterocycles. The normalized spacial score (nSPS) is 0. The molecule has 0 unspecified atom stereocenters. The molecule has 0 aromatic carbocycles. The third-order valence-corrected chi connectivity index (χ3v) is 0. The van der Waals surface area contributed by atoms with E-state index in [0.29, 0.717) is 0 Å². The second-order valence-corrected chi connectivity index (χ2v) is 0. The molecule has 0 aliphatic rings. The summed E-state index contributed by atoms with van der Waals surface area (Å²) in [5, 5.41) is 0. The van der Waals surface area contributed by atoms with Gasteiger partial charge in [0, 0.05) is 0 Å². The first-order valence-corrected chi connectivity index (χ1v) is 0. The fraction of sp³-hybridized carbons (Fsp3) is 0. The van der Waals surface area contributed by atoms with Gasteiger partial charge in [0.25, 0.3) is 0 Å². The van der Waals surface area contributed by atoms with Crippen molar-refractivity contribution in [3.05, 3.63) is 0 Å². The zero-order valence-corrected chi connectivity index (χ0v) is 17.4. The second kappa shape index (κ2) is 171. The van der Waals surface area contributed by atoms with E-state index in [1.54, 1.807) is 0 Å². The molecule has 0 bridgehead atoms. The van der Waals surface area contributed by atoms with Crippen LogP contribution in [0.15, 0.2) is 0 Å². The Morgan fingerprint density at radius 3 is 0.308 bits per heavy atom. The van der Waals surface area contributed by atoms with Crippen molar-refractivity contribution in [3.8, 4) is 0 Å². The number of hydrogen-bond donors (Lipinski definition) is 0. The standard InChI is InChI=1S/2Cr.2Fe.2K.7O/q4*+3;2*+1;7*-2. The van der Waals surface area contributed by atoms with Crippen molar-refractivity contribution in [1.82, 2.24) is 0 Å². The topological polar surface area (TPSA) is 200 Å². The van der Waals surface area contributed by atoms with Crippen molar-refractivity contribution in [1.29, 1.82) is 0 Å². The van der Waals surface area contributed by atoms with Crippen LogP contribution in [0.2, 0.25) is 0 Å². The minimum atomic E-state index is 0. The van der Waals surface area contributed by atoms with E-state index in [9.17, 15) is 0 Å². The molecule has 0 rings (SSSR count). The minimum absolute atomic E-state index is 0. The molecule has 0 aromatic rings. The summed E-state index contributed by atoms with van der Waals surface area (Å²) >= 11 is 0. The van der Waals surface area contributed by atoms with Crippen LogP contribution in [0.4, 0.5) is 0 Å². The van der Waals surface area contributed by atoms with Crippen molar-refractivity contribution < 1.29 is 210 Å². The summed E-state index contributed by atoms with van der Waals surface area (Å²) in [6.07, 6.45) is 0. The van der Waals surface area contributed by atoms with Gasteiger partial charge in [-0.15, -0.1) is 0 Å². The van der Waals surface area contributed by atoms with E-state index >= 15 is 0 Å². The molecule has 7 nitrogen and oxygen atoms in total. The van der Waals surface area contributed by atoms with Crippen LogP contribution in [-0.4, -0.2) is 0 Å². The van der Waals surface area contributed by atoms with Crippen LogP contribution >= 0.6 is 0 Å². The van der Waals surface area contributed by atoms with Crippen LogP contribution < -0.4 is 103 Å². The van der Waals surface area contributed by atoms with E-state index in [2.05, 4.69) is 0 Å². The van der Waals surface area contributed by atoms with E-state index in [4.69, 9.17) is 0 Å². The SMILES string of the molecule is [Cr+3].[Cr+3].[Fe+3].[Fe+3].[K+].[K+].[O-2].[O-2].[O-2].[O-2].[O-2].[O-2].[O-2]. The van der Waals surface area contributed by atoms with E-state index < -0.39 is 0 Å². The fourth-order valence-electron chi connectivity index (χ4n) is 0. The van der Waals surface area contributed by atoms with E-state index in [1.165, 1.54) is 0 Å². The maximum absolute atomic E-state index is 0.